The molecule has 2 aliphatic carbocycles. The molecule has 2 aromatic carbocycles. The van der Waals surface area contributed by atoms with Crippen molar-refractivity contribution in [2.75, 3.05) is 20.1 Å². The van der Waals surface area contributed by atoms with E-state index in [2.05, 4.69) is 82.4 Å². The second-order valence-corrected chi connectivity index (χ2v) is 10.9. The van der Waals surface area contributed by atoms with E-state index in [1.807, 2.05) is 12.4 Å². The van der Waals surface area contributed by atoms with E-state index >= 15 is 0 Å². The number of nitrogens with zero attached hydrogens (tertiary/aromatic N) is 3. The molecule has 2 saturated carbocycles. The van der Waals surface area contributed by atoms with E-state index in [-0.39, 0.29) is 0 Å². The van der Waals surface area contributed by atoms with Gasteiger partial charge in [-0.3, -0.25) is 4.98 Å². The van der Waals surface area contributed by atoms with Gasteiger partial charge in [0.05, 0.1) is 5.52 Å². The molecular weight excluding hydrogens is 420 g/mol. The Balaban J connectivity index is 1.00. The van der Waals surface area contributed by atoms with Gasteiger partial charge in [0.1, 0.15) is 11.9 Å². The number of pyridine rings is 1. The Morgan fingerprint density at radius 2 is 1.71 bits per heavy atom. The normalized spacial score (nSPS) is 23.7. The predicted octanol–water partition coefficient (Wildman–Crippen LogP) is 4.99. The maximum Gasteiger partial charge on any atom is 0.119 e. The van der Waals surface area contributed by atoms with Crippen LogP contribution in [0.3, 0.4) is 0 Å². The van der Waals surface area contributed by atoms with Crippen LogP contribution in [0.25, 0.3) is 32.9 Å². The third-order valence-corrected chi connectivity index (χ3v) is 8.86. The molecule has 0 radical (unpaired) electrons. The highest BCUT2D eigenvalue weighted by atomic mass is 16.5. The Hall–Kier alpha value is -2.89. The zero-order valence-corrected chi connectivity index (χ0v) is 20.0. The number of nitrogens with one attached hydrogen (secondary N) is 1. The van der Waals surface area contributed by atoms with Crippen LogP contribution in [0.1, 0.15) is 25.7 Å². The van der Waals surface area contributed by atoms with Crippen LogP contribution in [0, 0.1) is 5.41 Å². The Morgan fingerprint density at radius 1 is 0.941 bits per heavy atom. The van der Waals surface area contributed by atoms with Gasteiger partial charge < -0.3 is 19.5 Å². The molecule has 0 atom stereocenters. The number of aryl methyl sites for hydroxylation is 1. The summed E-state index contributed by atoms with van der Waals surface area (Å²) in [5, 5.41) is 5.90. The van der Waals surface area contributed by atoms with Crippen LogP contribution in [0.5, 0.6) is 5.75 Å². The van der Waals surface area contributed by atoms with Crippen LogP contribution < -0.4 is 10.1 Å². The molecule has 3 heterocycles. The van der Waals surface area contributed by atoms with Gasteiger partial charge in [0.2, 0.25) is 0 Å². The van der Waals surface area contributed by atoms with Crippen LogP contribution in [0.4, 0.5) is 0 Å². The predicted molar refractivity (Wildman–Crippen MR) is 137 cm³/mol. The van der Waals surface area contributed by atoms with Crippen LogP contribution in [-0.4, -0.2) is 52.8 Å². The van der Waals surface area contributed by atoms with E-state index in [1.54, 1.807) is 0 Å². The molecule has 0 amide bonds. The van der Waals surface area contributed by atoms with Crippen molar-refractivity contribution in [1.82, 2.24) is 19.8 Å². The van der Waals surface area contributed by atoms with Gasteiger partial charge in [-0.2, -0.15) is 0 Å². The molecule has 1 aliphatic heterocycles. The number of hydrogen-bond acceptors (Lipinski definition) is 4. The van der Waals surface area contributed by atoms with Crippen LogP contribution in [0.2, 0.25) is 0 Å². The number of benzene rings is 2. The van der Waals surface area contributed by atoms with Gasteiger partial charge in [0.25, 0.3) is 0 Å². The molecule has 174 valence electrons. The summed E-state index contributed by atoms with van der Waals surface area (Å²) in [7, 11) is 4.45. The summed E-state index contributed by atoms with van der Waals surface area (Å²) in [6.45, 7) is 2.47. The number of rotatable bonds is 5. The molecule has 3 fully saturated rings. The van der Waals surface area contributed by atoms with Gasteiger partial charge in [-0.05, 0) is 60.7 Å². The minimum absolute atomic E-state index is 0.346. The fourth-order valence-corrected chi connectivity index (χ4v) is 6.41. The fourth-order valence-electron chi connectivity index (χ4n) is 6.41. The first-order valence-corrected chi connectivity index (χ1v) is 12.6. The minimum atomic E-state index is 0.346. The van der Waals surface area contributed by atoms with Gasteiger partial charge >= 0.3 is 0 Å². The summed E-state index contributed by atoms with van der Waals surface area (Å²) in [5.41, 5.74) is 5.54. The molecule has 1 N–H and O–H groups in total. The van der Waals surface area contributed by atoms with E-state index < -0.39 is 0 Å². The van der Waals surface area contributed by atoms with Crippen molar-refractivity contribution in [3.63, 3.8) is 0 Å². The van der Waals surface area contributed by atoms with Crippen molar-refractivity contribution in [2.45, 2.75) is 43.9 Å². The number of aromatic nitrogens is 2. The standard InChI is InChI=1S/C29H32N4O/c1-32(22-14-29(15-22)17-31-18-29)21-12-24(13-21)34-23-6-3-19(4-7-23)20-5-8-25-26-16-30-10-9-27(26)33(2)28(25)11-20/h3-11,16,21-22,24,31H,12-15,17-18H2,1-2H3. The molecule has 1 saturated heterocycles. The Bertz CT molecular complexity index is 1360. The first-order valence-electron chi connectivity index (χ1n) is 12.6. The molecule has 5 heteroatoms. The average molecular weight is 453 g/mol. The molecule has 7 rings (SSSR count). The van der Waals surface area contributed by atoms with Crippen molar-refractivity contribution in [3.05, 3.63) is 60.9 Å². The van der Waals surface area contributed by atoms with Crippen molar-refractivity contribution >= 4 is 21.8 Å². The smallest absolute Gasteiger partial charge is 0.119 e. The maximum atomic E-state index is 6.31. The van der Waals surface area contributed by atoms with Crippen LogP contribution in [0.15, 0.2) is 60.9 Å². The summed E-state index contributed by atoms with van der Waals surface area (Å²) in [6.07, 6.45) is 9.21. The largest absolute Gasteiger partial charge is 0.490 e. The second-order valence-electron chi connectivity index (χ2n) is 10.9. The van der Waals surface area contributed by atoms with Gasteiger partial charge in [0, 0.05) is 73.7 Å². The first kappa shape index (κ1) is 20.5. The van der Waals surface area contributed by atoms with Crippen molar-refractivity contribution in [2.24, 2.45) is 12.5 Å². The monoisotopic (exact) mass is 452 g/mol. The van der Waals surface area contributed by atoms with Gasteiger partial charge in [-0.25, -0.2) is 0 Å². The number of hydrogen-bond donors (Lipinski definition) is 1. The molecular formula is C29H32N4O. The van der Waals surface area contributed by atoms with E-state index in [4.69, 9.17) is 4.74 Å². The summed E-state index contributed by atoms with van der Waals surface area (Å²) >= 11 is 0. The highest BCUT2D eigenvalue weighted by Crippen LogP contribution is 2.48. The van der Waals surface area contributed by atoms with Gasteiger partial charge in [-0.15, -0.1) is 0 Å². The molecule has 34 heavy (non-hydrogen) atoms. The number of ether oxygens (including phenoxy) is 1. The molecule has 0 bridgehead atoms. The third-order valence-electron chi connectivity index (χ3n) is 8.86. The average Bonchev–Trinajstić information content (AvgIpc) is 3.06. The lowest BCUT2D eigenvalue weighted by Gasteiger charge is -2.59. The quantitative estimate of drug-likeness (QED) is 0.463. The number of fused-ring (bicyclic) bond motifs is 3. The lowest BCUT2D eigenvalue weighted by Crippen LogP contribution is -2.66. The molecule has 0 unspecified atom stereocenters. The topological polar surface area (TPSA) is 42.3 Å². The second kappa shape index (κ2) is 7.56. The van der Waals surface area contributed by atoms with Crippen molar-refractivity contribution < 1.29 is 4.74 Å². The van der Waals surface area contributed by atoms with Crippen LogP contribution >= 0.6 is 0 Å². The Morgan fingerprint density at radius 3 is 2.44 bits per heavy atom. The van der Waals surface area contributed by atoms with E-state index in [0.717, 1.165) is 24.6 Å². The van der Waals surface area contributed by atoms with Gasteiger partial charge in [-0.1, -0.05) is 24.3 Å². The maximum absolute atomic E-state index is 6.31. The Kier molecular flexibility index (Phi) is 4.55. The van der Waals surface area contributed by atoms with E-state index in [0.29, 0.717) is 17.6 Å². The van der Waals surface area contributed by atoms with Crippen LogP contribution in [-0.2, 0) is 7.05 Å². The third kappa shape index (κ3) is 3.18. The molecule has 3 aliphatic rings. The van der Waals surface area contributed by atoms with Gasteiger partial charge in [0.15, 0.2) is 0 Å². The highest BCUT2D eigenvalue weighted by Gasteiger charge is 2.51. The zero-order chi connectivity index (χ0) is 22.9. The summed E-state index contributed by atoms with van der Waals surface area (Å²) in [4.78, 5) is 6.94. The Labute approximate surface area is 200 Å². The highest BCUT2D eigenvalue weighted by molar-refractivity contribution is 6.08. The molecule has 5 nitrogen and oxygen atoms in total. The first-order chi connectivity index (χ1) is 16.6. The zero-order valence-electron chi connectivity index (χ0n) is 20.0. The van der Waals surface area contributed by atoms with Crippen molar-refractivity contribution in [3.8, 4) is 16.9 Å². The van der Waals surface area contributed by atoms with E-state index in [9.17, 15) is 0 Å². The summed E-state index contributed by atoms with van der Waals surface area (Å²) < 4.78 is 8.56. The lowest BCUT2D eigenvalue weighted by atomic mass is 9.61. The van der Waals surface area contributed by atoms with E-state index in [1.165, 1.54) is 58.9 Å². The summed E-state index contributed by atoms with van der Waals surface area (Å²) in [5.74, 6) is 0.981. The molecule has 4 aromatic rings. The molecule has 2 aromatic heterocycles. The fraction of sp³-hybridized carbons (Fsp3) is 0.414. The summed E-state index contributed by atoms with van der Waals surface area (Å²) in [6, 6.07) is 18.9. The minimum Gasteiger partial charge on any atom is -0.490 e. The van der Waals surface area contributed by atoms with Crippen molar-refractivity contribution in [1.29, 1.82) is 0 Å². The lowest BCUT2D eigenvalue weighted by molar-refractivity contribution is -0.0723. The molecule has 1 spiro atoms. The SMILES string of the molecule is CN(C1CC(Oc2ccc(-c3ccc4c5cnccc5n(C)c4c3)cc2)C1)C1CC2(CNC2)C1.